The van der Waals surface area contributed by atoms with E-state index in [0.29, 0.717) is 5.41 Å². The van der Waals surface area contributed by atoms with Crippen molar-refractivity contribution in [1.82, 2.24) is 10.2 Å². The summed E-state index contributed by atoms with van der Waals surface area (Å²) in [6.45, 7) is 10.8. The van der Waals surface area contributed by atoms with E-state index in [1.54, 1.807) is 0 Å². The van der Waals surface area contributed by atoms with E-state index in [1.807, 2.05) is 0 Å². The molecule has 0 aromatic carbocycles. The number of nitrogens with zero attached hydrogens (tertiary/aromatic N) is 1. The summed E-state index contributed by atoms with van der Waals surface area (Å²) >= 11 is 0. The highest BCUT2D eigenvalue weighted by molar-refractivity contribution is 4.89. The molecule has 0 spiro atoms. The van der Waals surface area contributed by atoms with Gasteiger partial charge in [0.2, 0.25) is 0 Å². The summed E-state index contributed by atoms with van der Waals surface area (Å²) in [5, 5.41) is 3.81. The van der Waals surface area contributed by atoms with Crippen LogP contribution in [0.4, 0.5) is 0 Å². The number of rotatable bonds is 4. The highest BCUT2D eigenvalue weighted by Crippen LogP contribution is 2.39. The van der Waals surface area contributed by atoms with Crippen molar-refractivity contribution in [1.29, 1.82) is 0 Å². The van der Waals surface area contributed by atoms with Crippen molar-refractivity contribution < 1.29 is 0 Å². The lowest BCUT2D eigenvalue weighted by Crippen LogP contribution is -2.50. The standard InChI is InChI=1S/C14H28N2/c1-4-16-9-6-13(10-12(16)2)15-11-14(3)7-5-8-14/h12-13,15H,4-11H2,1-3H3. The smallest absolute Gasteiger partial charge is 0.00942 e. The van der Waals surface area contributed by atoms with E-state index in [2.05, 4.69) is 31.0 Å². The number of likely N-dealkylation sites (tertiary alicyclic amines) is 1. The molecule has 0 aromatic heterocycles. The first-order chi connectivity index (χ1) is 7.63. The molecule has 0 bridgehead atoms. The highest BCUT2D eigenvalue weighted by atomic mass is 15.2. The summed E-state index contributed by atoms with van der Waals surface area (Å²) in [5.41, 5.74) is 0.630. The summed E-state index contributed by atoms with van der Waals surface area (Å²) < 4.78 is 0. The molecule has 94 valence electrons. The van der Waals surface area contributed by atoms with Crippen LogP contribution in [0.3, 0.4) is 0 Å². The number of piperidine rings is 1. The van der Waals surface area contributed by atoms with Gasteiger partial charge in [-0.1, -0.05) is 20.3 Å². The maximum Gasteiger partial charge on any atom is 0.00942 e. The Labute approximate surface area is 101 Å². The van der Waals surface area contributed by atoms with Crippen LogP contribution in [0.15, 0.2) is 0 Å². The second-order valence-corrected chi connectivity index (χ2v) is 6.24. The quantitative estimate of drug-likeness (QED) is 0.790. The van der Waals surface area contributed by atoms with Crippen molar-refractivity contribution in [2.45, 2.75) is 65.0 Å². The lowest BCUT2D eigenvalue weighted by Gasteiger charge is -2.42. The molecule has 1 N–H and O–H groups in total. The lowest BCUT2D eigenvalue weighted by atomic mass is 9.70. The summed E-state index contributed by atoms with van der Waals surface area (Å²) in [6.07, 6.45) is 6.99. The van der Waals surface area contributed by atoms with Gasteiger partial charge in [0.15, 0.2) is 0 Å². The van der Waals surface area contributed by atoms with Crippen molar-refractivity contribution >= 4 is 0 Å². The zero-order valence-corrected chi connectivity index (χ0v) is 11.3. The first-order valence-corrected chi connectivity index (χ1v) is 7.10. The van der Waals surface area contributed by atoms with Crippen molar-refractivity contribution in [2.75, 3.05) is 19.6 Å². The van der Waals surface area contributed by atoms with Crippen LogP contribution in [-0.4, -0.2) is 36.6 Å². The Hall–Kier alpha value is -0.0800. The molecule has 0 aromatic rings. The Kier molecular flexibility index (Phi) is 3.91. The Morgan fingerprint density at radius 1 is 1.38 bits per heavy atom. The van der Waals surface area contributed by atoms with Gasteiger partial charge in [0.1, 0.15) is 0 Å². The Morgan fingerprint density at radius 2 is 2.12 bits per heavy atom. The van der Waals surface area contributed by atoms with E-state index < -0.39 is 0 Å². The number of nitrogens with one attached hydrogen (secondary N) is 1. The van der Waals surface area contributed by atoms with Crippen molar-refractivity contribution in [3.8, 4) is 0 Å². The van der Waals surface area contributed by atoms with Crippen LogP contribution in [0.25, 0.3) is 0 Å². The molecule has 0 radical (unpaired) electrons. The summed E-state index contributed by atoms with van der Waals surface area (Å²) in [4.78, 5) is 2.60. The predicted octanol–water partition coefficient (Wildman–Crippen LogP) is 2.64. The van der Waals surface area contributed by atoms with E-state index in [1.165, 1.54) is 51.7 Å². The van der Waals surface area contributed by atoms with Gasteiger partial charge in [0, 0.05) is 18.6 Å². The van der Waals surface area contributed by atoms with Crippen LogP contribution in [0.5, 0.6) is 0 Å². The molecule has 2 aliphatic rings. The van der Waals surface area contributed by atoms with Crippen molar-refractivity contribution in [2.24, 2.45) is 5.41 Å². The zero-order valence-electron chi connectivity index (χ0n) is 11.3. The van der Waals surface area contributed by atoms with Crippen LogP contribution in [-0.2, 0) is 0 Å². The third kappa shape index (κ3) is 2.78. The van der Waals surface area contributed by atoms with E-state index >= 15 is 0 Å². The van der Waals surface area contributed by atoms with Gasteiger partial charge in [0.25, 0.3) is 0 Å². The fraction of sp³-hybridized carbons (Fsp3) is 1.00. The van der Waals surface area contributed by atoms with E-state index in [9.17, 15) is 0 Å². The van der Waals surface area contributed by atoms with E-state index in [0.717, 1.165) is 12.1 Å². The maximum atomic E-state index is 3.81. The molecule has 2 unspecified atom stereocenters. The molecule has 1 saturated heterocycles. The largest absolute Gasteiger partial charge is 0.313 e. The van der Waals surface area contributed by atoms with Crippen LogP contribution in [0.1, 0.15) is 52.9 Å². The summed E-state index contributed by atoms with van der Waals surface area (Å²) in [5.74, 6) is 0. The van der Waals surface area contributed by atoms with Crippen molar-refractivity contribution in [3.63, 3.8) is 0 Å². The summed E-state index contributed by atoms with van der Waals surface area (Å²) in [7, 11) is 0. The monoisotopic (exact) mass is 224 g/mol. The third-order valence-electron chi connectivity index (χ3n) is 4.80. The fourth-order valence-electron chi connectivity index (χ4n) is 3.22. The van der Waals surface area contributed by atoms with Gasteiger partial charge in [-0.3, -0.25) is 0 Å². The van der Waals surface area contributed by atoms with Crippen LogP contribution in [0.2, 0.25) is 0 Å². The molecule has 16 heavy (non-hydrogen) atoms. The molecule has 2 fully saturated rings. The molecule has 1 saturated carbocycles. The average molecular weight is 224 g/mol. The molecular formula is C14H28N2. The topological polar surface area (TPSA) is 15.3 Å². The molecule has 2 rings (SSSR count). The Balaban J connectivity index is 1.71. The van der Waals surface area contributed by atoms with Gasteiger partial charge in [-0.2, -0.15) is 0 Å². The minimum Gasteiger partial charge on any atom is -0.313 e. The average Bonchev–Trinajstić information content (AvgIpc) is 2.24. The Morgan fingerprint density at radius 3 is 2.62 bits per heavy atom. The molecule has 1 aliphatic heterocycles. The molecular weight excluding hydrogens is 196 g/mol. The van der Waals surface area contributed by atoms with Gasteiger partial charge < -0.3 is 10.2 Å². The van der Waals surface area contributed by atoms with Gasteiger partial charge >= 0.3 is 0 Å². The number of hydrogen-bond donors (Lipinski definition) is 1. The SMILES string of the molecule is CCN1CCC(NCC2(C)CCC2)CC1C. The molecule has 0 amide bonds. The lowest BCUT2D eigenvalue weighted by molar-refractivity contribution is 0.114. The second kappa shape index (κ2) is 5.05. The first-order valence-electron chi connectivity index (χ1n) is 7.10. The fourth-order valence-corrected chi connectivity index (χ4v) is 3.22. The van der Waals surface area contributed by atoms with Gasteiger partial charge in [-0.05, 0) is 51.1 Å². The molecule has 1 aliphatic carbocycles. The van der Waals surface area contributed by atoms with Gasteiger partial charge in [-0.25, -0.2) is 0 Å². The van der Waals surface area contributed by atoms with Crippen LogP contribution in [0, 0.1) is 5.41 Å². The minimum atomic E-state index is 0.630. The third-order valence-corrected chi connectivity index (χ3v) is 4.80. The minimum absolute atomic E-state index is 0.630. The maximum absolute atomic E-state index is 3.81. The highest BCUT2D eigenvalue weighted by Gasteiger charge is 2.33. The molecule has 2 nitrogen and oxygen atoms in total. The summed E-state index contributed by atoms with van der Waals surface area (Å²) in [6, 6.07) is 1.54. The predicted molar refractivity (Wildman–Crippen MR) is 69.7 cm³/mol. The number of hydrogen-bond acceptors (Lipinski definition) is 2. The molecule has 2 heteroatoms. The second-order valence-electron chi connectivity index (χ2n) is 6.24. The van der Waals surface area contributed by atoms with E-state index in [4.69, 9.17) is 0 Å². The van der Waals surface area contributed by atoms with E-state index in [-0.39, 0.29) is 0 Å². The molecule has 2 atom stereocenters. The van der Waals surface area contributed by atoms with Gasteiger partial charge in [-0.15, -0.1) is 0 Å². The van der Waals surface area contributed by atoms with Crippen LogP contribution < -0.4 is 5.32 Å². The normalized spacial score (nSPS) is 34.7. The Bertz CT molecular complexity index is 223. The zero-order chi connectivity index (χ0) is 11.6. The van der Waals surface area contributed by atoms with Crippen molar-refractivity contribution in [3.05, 3.63) is 0 Å². The first kappa shape index (κ1) is 12.4. The molecule has 1 heterocycles. The van der Waals surface area contributed by atoms with Crippen LogP contribution >= 0.6 is 0 Å². The van der Waals surface area contributed by atoms with Gasteiger partial charge in [0.05, 0.1) is 0 Å².